The summed E-state index contributed by atoms with van der Waals surface area (Å²) in [6, 6.07) is 9.53. The van der Waals surface area contributed by atoms with E-state index in [-0.39, 0.29) is 29.5 Å². The first-order chi connectivity index (χ1) is 19.1. The molecule has 2 heterocycles. The van der Waals surface area contributed by atoms with E-state index in [4.69, 9.17) is 0 Å². The number of benzene rings is 2. The van der Waals surface area contributed by atoms with Crippen molar-refractivity contribution in [1.82, 2.24) is 40.8 Å². The highest BCUT2D eigenvalue weighted by Gasteiger charge is 2.32. The minimum Gasteiger partial charge on any atom is -0.403 e. The first kappa shape index (κ1) is 26.6. The van der Waals surface area contributed by atoms with Gasteiger partial charge in [-0.3, -0.25) is 9.59 Å². The maximum absolute atomic E-state index is 13.6. The summed E-state index contributed by atoms with van der Waals surface area (Å²) in [7, 11) is 1.74. The Hall–Kier alpha value is -4.95. The van der Waals surface area contributed by atoms with E-state index in [9.17, 15) is 27.2 Å². The lowest BCUT2D eigenvalue weighted by molar-refractivity contribution is -0.275. The Bertz CT molecular complexity index is 1590. The monoisotopic (exact) mass is 556 g/mol. The highest BCUT2D eigenvalue weighted by molar-refractivity contribution is 5.97. The molecule has 1 aliphatic rings. The summed E-state index contributed by atoms with van der Waals surface area (Å²) in [6.45, 7) is -0.246. The number of tetrazole rings is 1. The zero-order chi connectivity index (χ0) is 28.4. The Kier molecular flexibility index (Phi) is 7.11. The van der Waals surface area contributed by atoms with E-state index in [1.807, 2.05) is 18.2 Å². The van der Waals surface area contributed by atoms with Crippen molar-refractivity contribution in [3.05, 3.63) is 82.7 Å². The summed E-state index contributed by atoms with van der Waals surface area (Å²) in [5.41, 5.74) is 2.83. The van der Waals surface area contributed by atoms with Gasteiger partial charge in [0.2, 0.25) is 0 Å². The van der Waals surface area contributed by atoms with Crippen LogP contribution in [0.15, 0.2) is 48.8 Å². The van der Waals surface area contributed by atoms with Gasteiger partial charge in [0.1, 0.15) is 17.7 Å². The molecule has 5 rings (SSSR count). The summed E-state index contributed by atoms with van der Waals surface area (Å²) in [6.07, 6.45) is -2.62. The van der Waals surface area contributed by atoms with Crippen LogP contribution in [0.4, 0.5) is 17.6 Å². The minimum atomic E-state index is -5.07. The Morgan fingerprint density at radius 3 is 2.58 bits per heavy atom. The van der Waals surface area contributed by atoms with E-state index in [1.54, 1.807) is 11.7 Å². The molecule has 0 fully saturated rings. The molecule has 0 spiro atoms. The number of halogens is 4. The van der Waals surface area contributed by atoms with E-state index in [0.29, 0.717) is 12.2 Å². The molecule has 0 saturated heterocycles. The van der Waals surface area contributed by atoms with Crippen molar-refractivity contribution in [2.24, 2.45) is 7.05 Å². The second kappa shape index (κ2) is 10.7. The largest absolute Gasteiger partial charge is 0.573 e. The molecule has 1 aliphatic carbocycles. The molecule has 11 nitrogen and oxygen atoms in total. The molecule has 0 bridgehead atoms. The first-order valence-electron chi connectivity index (χ1n) is 11.9. The van der Waals surface area contributed by atoms with Crippen molar-refractivity contribution >= 4 is 11.8 Å². The average molecular weight is 556 g/mol. The van der Waals surface area contributed by atoms with Gasteiger partial charge in [-0.15, -0.1) is 18.3 Å². The SMILES string of the molecule is Cn1nnnc1-c1ccc2c(c1)CC[C@@H]2NC(=O)c1cc(C(=O)NCc2ccc(F)c(OC(F)(F)F)c2)ncn1. The molecule has 0 radical (unpaired) electrons. The molecule has 15 heteroatoms. The van der Waals surface area contributed by atoms with Crippen LogP contribution in [0.5, 0.6) is 5.75 Å². The van der Waals surface area contributed by atoms with Crippen LogP contribution in [0, 0.1) is 5.82 Å². The van der Waals surface area contributed by atoms with Gasteiger partial charge >= 0.3 is 6.36 Å². The van der Waals surface area contributed by atoms with Gasteiger partial charge in [-0.25, -0.2) is 19.0 Å². The van der Waals surface area contributed by atoms with Crippen LogP contribution in [0.3, 0.4) is 0 Å². The van der Waals surface area contributed by atoms with Crippen molar-refractivity contribution in [2.45, 2.75) is 31.8 Å². The molecule has 1 atom stereocenters. The third-order valence-corrected chi connectivity index (χ3v) is 6.21. The molecule has 2 amide bonds. The average Bonchev–Trinajstić information content (AvgIpc) is 3.53. The van der Waals surface area contributed by atoms with Crippen molar-refractivity contribution < 1.29 is 31.9 Å². The van der Waals surface area contributed by atoms with E-state index in [2.05, 4.69) is 40.9 Å². The summed E-state index contributed by atoms with van der Waals surface area (Å²) in [4.78, 5) is 33.4. The Labute approximate surface area is 223 Å². The summed E-state index contributed by atoms with van der Waals surface area (Å²) >= 11 is 0. The van der Waals surface area contributed by atoms with Crippen molar-refractivity contribution in [2.75, 3.05) is 0 Å². The second-order valence-electron chi connectivity index (χ2n) is 8.89. The minimum absolute atomic E-state index is 0.0435. The predicted octanol–water partition coefficient (Wildman–Crippen LogP) is 3.05. The van der Waals surface area contributed by atoms with Crippen LogP contribution in [-0.2, 0) is 20.0 Å². The summed E-state index contributed by atoms with van der Waals surface area (Å²) < 4.78 is 56.2. The lowest BCUT2D eigenvalue weighted by atomic mass is 10.0. The predicted molar refractivity (Wildman–Crippen MR) is 129 cm³/mol. The van der Waals surface area contributed by atoms with Gasteiger partial charge in [-0.1, -0.05) is 18.2 Å². The standard InChI is InChI=1S/C25H20F4N8O3/c1-37-22(34-35-36-37)15-3-5-16-14(9-15)4-7-18(16)33-24(39)20-10-19(31-12-32-20)23(38)30-11-13-2-6-17(26)21(8-13)40-25(27,28)29/h2-3,5-6,8-10,12,18H,4,7,11H2,1H3,(H,30,38)(H,33,39)/t18-/m0/s1. The number of aromatic nitrogens is 6. The summed E-state index contributed by atoms with van der Waals surface area (Å²) in [5, 5.41) is 16.9. The van der Waals surface area contributed by atoms with E-state index < -0.39 is 29.7 Å². The van der Waals surface area contributed by atoms with Crippen LogP contribution in [0.25, 0.3) is 11.4 Å². The summed E-state index contributed by atoms with van der Waals surface area (Å²) in [5.74, 6) is -2.82. The van der Waals surface area contributed by atoms with E-state index >= 15 is 0 Å². The lowest BCUT2D eigenvalue weighted by Gasteiger charge is -2.14. The van der Waals surface area contributed by atoms with E-state index in [1.165, 1.54) is 12.1 Å². The number of nitrogens with one attached hydrogen (secondary N) is 2. The number of alkyl halides is 3. The molecule has 0 unspecified atom stereocenters. The number of carbonyl (C=O) groups excluding carboxylic acids is 2. The Morgan fingerprint density at radius 1 is 1.07 bits per heavy atom. The number of aryl methyl sites for hydroxylation is 2. The number of hydrogen-bond acceptors (Lipinski definition) is 8. The fourth-order valence-electron chi connectivity index (χ4n) is 4.35. The highest BCUT2D eigenvalue weighted by Crippen LogP contribution is 2.34. The number of carbonyl (C=O) groups is 2. The third-order valence-electron chi connectivity index (χ3n) is 6.21. The number of rotatable bonds is 7. The maximum atomic E-state index is 13.6. The number of nitrogens with zero attached hydrogens (tertiary/aromatic N) is 6. The number of ether oxygens (including phenoxy) is 1. The van der Waals surface area contributed by atoms with Crippen LogP contribution in [0.2, 0.25) is 0 Å². The molecule has 2 aromatic heterocycles. The van der Waals surface area contributed by atoms with Gasteiger partial charge < -0.3 is 15.4 Å². The maximum Gasteiger partial charge on any atom is 0.573 e. The number of fused-ring (bicyclic) bond motifs is 1. The van der Waals surface area contributed by atoms with Gasteiger partial charge in [-0.05, 0) is 58.2 Å². The molecule has 40 heavy (non-hydrogen) atoms. The van der Waals surface area contributed by atoms with E-state index in [0.717, 1.165) is 41.6 Å². The van der Waals surface area contributed by atoms with Crippen LogP contribution >= 0.6 is 0 Å². The van der Waals surface area contributed by atoms with Crippen molar-refractivity contribution in [1.29, 1.82) is 0 Å². The van der Waals surface area contributed by atoms with Gasteiger partial charge in [0.15, 0.2) is 17.4 Å². The molecular weight excluding hydrogens is 536 g/mol. The molecule has 0 saturated carbocycles. The second-order valence-corrected chi connectivity index (χ2v) is 8.89. The number of amides is 2. The Morgan fingerprint density at radius 2 is 1.85 bits per heavy atom. The normalized spacial score (nSPS) is 14.5. The molecule has 2 N–H and O–H groups in total. The first-order valence-corrected chi connectivity index (χ1v) is 11.9. The third kappa shape index (κ3) is 5.87. The van der Waals surface area contributed by atoms with Gasteiger partial charge in [0.05, 0.1) is 6.04 Å². The fraction of sp³-hybridized carbons (Fsp3) is 0.240. The molecule has 0 aliphatic heterocycles. The Balaban J connectivity index is 1.23. The van der Waals surface area contributed by atoms with Gasteiger partial charge in [-0.2, -0.15) is 0 Å². The van der Waals surface area contributed by atoms with Crippen LogP contribution in [0.1, 0.15) is 50.1 Å². The molecule has 2 aromatic carbocycles. The quantitative estimate of drug-likeness (QED) is 0.332. The van der Waals surface area contributed by atoms with Crippen LogP contribution < -0.4 is 15.4 Å². The van der Waals surface area contributed by atoms with Crippen LogP contribution in [-0.4, -0.2) is 48.4 Å². The molecule has 4 aromatic rings. The molecular formula is C25H20F4N8O3. The van der Waals surface area contributed by atoms with Gasteiger partial charge in [0, 0.05) is 25.2 Å². The zero-order valence-electron chi connectivity index (χ0n) is 20.7. The van der Waals surface area contributed by atoms with Gasteiger partial charge in [0.25, 0.3) is 11.8 Å². The highest BCUT2D eigenvalue weighted by atomic mass is 19.4. The number of hydrogen-bond donors (Lipinski definition) is 2. The zero-order valence-corrected chi connectivity index (χ0v) is 20.7. The fourth-order valence-corrected chi connectivity index (χ4v) is 4.35. The lowest BCUT2D eigenvalue weighted by Crippen LogP contribution is -2.29. The van der Waals surface area contributed by atoms with Crippen molar-refractivity contribution in [3.63, 3.8) is 0 Å². The van der Waals surface area contributed by atoms with Crippen molar-refractivity contribution in [3.8, 4) is 17.1 Å². The smallest absolute Gasteiger partial charge is 0.403 e. The molecule has 206 valence electrons. The topological polar surface area (TPSA) is 137 Å².